The first-order valence-corrected chi connectivity index (χ1v) is 32.4. The van der Waals surface area contributed by atoms with Crippen molar-refractivity contribution in [3.63, 3.8) is 0 Å². The summed E-state index contributed by atoms with van der Waals surface area (Å²) in [4.78, 5) is 9.91. The van der Waals surface area contributed by atoms with Gasteiger partial charge in [-0.15, -0.1) is 0 Å². The van der Waals surface area contributed by atoms with Crippen molar-refractivity contribution in [3.8, 4) is 22.5 Å². The average Bonchev–Trinajstić information content (AvgIpc) is 3.06. The summed E-state index contributed by atoms with van der Waals surface area (Å²) in [6.07, 6.45) is 4.18. The van der Waals surface area contributed by atoms with E-state index in [4.69, 9.17) is 9.97 Å². The maximum atomic E-state index is 4.95. The number of rotatable bonds is 8. The molecule has 232 valence electrons. The number of aromatic nitrogens is 2. The molecular weight excluding hydrogens is 877 g/mol. The van der Waals surface area contributed by atoms with Gasteiger partial charge in [-0.2, -0.15) is 0 Å². The second kappa shape index (κ2) is 14.1. The van der Waals surface area contributed by atoms with Gasteiger partial charge in [-0.1, -0.05) is 0 Å². The normalized spacial score (nSPS) is 12.0. The van der Waals surface area contributed by atoms with Crippen LogP contribution in [0.5, 0.6) is 0 Å². The molecule has 0 amide bonds. The third-order valence-electron chi connectivity index (χ3n) is 8.62. The zero-order valence-electron chi connectivity index (χ0n) is 27.4. The first-order chi connectivity index (χ1) is 21.6. The topological polar surface area (TPSA) is 25.8 Å². The second-order valence-corrected chi connectivity index (χ2v) is 38.8. The van der Waals surface area contributed by atoms with E-state index in [1.165, 1.54) is 29.5 Å². The molecule has 4 aromatic carbocycles. The Hall–Kier alpha value is -2.83. The predicted molar refractivity (Wildman–Crippen MR) is 200 cm³/mol. The minimum atomic E-state index is -2.86. The van der Waals surface area contributed by atoms with Gasteiger partial charge in [-0.25, -0.2) is 0 Å². The van der Waals surface area contributed by atoms with Crippen LogP contribution in [0.25, 0.3) is 22.5 Å². The van der Waals surface area contributed by atoms with Gasteiger partial charge in [0.25, 0.3) is 0 Å². The van der Waals surface area contributed by atoms with Crippen molar-refractivity contribution in [2.75, 3.05) is 0 Å². The van der Waals surface area contributed by atoms with Gasteiger partial charge in [0.05, 0.1) is 0 Å². The SMILES string of the molecule is [CH3][Ge]([CH3])([CH3])[c]1ccc(-c2[c-]c([Si](c3[c-]c(-c4cc[c]([Ge]([CH3])([CH3])[CH3])cn4)ccc3)(c3ccccc3)c3ccccc3)ccc2)nc1.[Pt+2]. The summed E-state index contributed by atoms with van der Waals surface area (Å²) in [5.41, 5.74) is 3.96. The Bertz CT molecular complexity index is 1760. The average molecular weight is 917 g/mol. The molecule has 0 atom stereocenters. The molecular formula is C40H40Ge2N2PtSi. The van der Waals surface area contributed by atoms with Crippen LogP contribution in [0.15, 0.2) is 134 Å². The van der Waals surface area contributed by atoms with Crippen LogP contribution >= 0.6 is 0 Å². The minimum Gasteiger partial charge on any atom is 2.00 e. The van der Waals surface area contributed by atoms with E-state index in [1.807, 2.05) is 0 Å². The molecule has 0 radical (unpaired) electrons. The monoisotopic (exact) mass is 919 g/mol. The molecule has 6 rings (SSSR count). The Labute approximate surface area is 295 Å². The molecule has 0 saturated heterocycles. The van der Waals surface area contributed by atoms with E-state index >= 15 is 0 Å². The Morgan fingerprint density at radius 2 is 0.848 bits per heavy atom. The van der Waals surface area contributed by atoms with Gasteiger partial charge in [0.1, 0.15) is 0 Å². The van der Waals surface area contributed by atoms with E-state index in [0.29, 0.717) is 0 Å². The van der Waals surface area contributed by atoms with Crippen molar-refractivity contribution < 1.29 is 21.1 Å². The molecule has 6 heteroatoms. The summed E-state index contributed by atoms with van der Waals surface area (Å²) in [7, 11) is -2.86. The van der Waals surface area contributed by atoms with Crippen molar-refractivity contribution in [3.05, 3.63) is 146 Å². The second-order valence-electron chi connectivity index (χ2n) is 13.8. The maximum Gasteiger partial charge on any atom is 2.00 e. The fraction of sp³-hybridized carbons (Fsp3) is 0.150. The summed E-state index contributed by atoms with van der Waals surface area (Å²) in [5.74, 6) is 14.4. The van der Waals surface area contributed by atoms with Crippen molar-refractivity contribution in [1.29, 1.82) is 0 Å². The maximum absolute atomic E-state index is 4.95. The molecule has 0 bridgehead atoms. The van der Waals surface area contributed by atoms with Gasteiger partial charge in [0.15, 0.2) is 0 Å². The minimum absolute atomic E-state index is 0. The third-order valence-corrected chi connectivity index (χ3v) is 21.7. The number of hydrogen-bond donors (Lipinski definition) is 0. The smallest absolute Gasteiger partial charge is 2.00 e. The molecule has 2 nitrogen and oxygen atoms in total. The first-order valence-electron chi connectivity index (χ1n) is 15.7. The molecule has 0 aliphatic heterocycles. The molecule has 0 spiro atoms. The zero-order valence-corrected chi connectivity index (χ0v) is 34.9. The standard InChI is InChI=1S/C40H40Ge2N2Si.Pt/c1-41(2,3)33-23-25-39(43-29-33)31-15-13-21-37(27-31)45(35-17-9-7-10-18-35,36-19-11-8-12-20-36)38-22-14-16-32(28-38)40-26-24-34(30-44-40)42(4,5)6;/h7-26,29-30H,1-6H3;/q-2;+2. The Kier molecular flexibility index (Phi) is 10.6. The number of benzene rings is 4. The summed E-state index contributed by atoms with van der Waals surface area (Å²) in [5, 5.41) is 4.97. The number of nitrogens with zero attached hydrogens (tertiary/aromatic N) is 2. The molecule has 46 heavy (non-hydrogen) atoms. The molecule has 0 aliphatic carbocycles. The van der Waals surface area contributed by atoms with Crippen molar-refractivity contribution >= 4 is 64.1 Å². The summed E-state index contributed by atoms with van der Waals surface area (Å²) in [6.45, 7) is 0. The van der Waals surface area contributed by atoms with Crippen molar-refractivity contribution in [2.45, 2.75) is 34.5 Å². The van der Waals surface area contributed by atoms with Gasteiger partial charge in [0, 0.05) is 0 Å². The van der Waals surface area contributed by atoms with Gasteiger partial charge < -0.3 is 0 Å². The van der Waals surface area contributed by atoms with E-state index < -0.39 is 34.6 Å². The predicted octanol–water partition coefficient (Wildman–Crippen LogP) is 5.88. The Morgan fingerprint density at radius 1 is 0.457 bits per heavy atom. The van der Waals surface area contributed by atoms with Crippen LogP contribution in [-0.4, -0.2) is 44.6 Å². The Morgan fingerprint density at radius 3 is 1.17 bits per heavy atom. The van der Waals surface area contributed by atoms with E-state index in [2.05, 4.69) is 180 Å². The van der Waals surface area contributed by atoms with Crippen LogP contribution in [-0.2, 0) is 21.1 Å². The zero-order chi connectivity index (χ0) is 31.7. The molecule has 0 saturated carbocycles. The molecule has 2 heterocycles. The third kappa shape index (κ3) is 7.04. The van der Waals surface area contributed by atoms with Crippen LogP contribution < -0.4 is 29.5 Å². The van der Waals surface area contributed by atoms with Crippen LogP contribution in [0.4, 0.5) is 0 Å². The summed E-state index contributed by atoms with van der Waals surface area (Å²) in [6, 6.07) is 51.9. The molecule has 0 N–H and O–H groups in total. The molecule has 0 aliphatic rings. The summed E-state index contributed by atoms with van der Waals surface area (Å²) < 4.78 is 2.82. The van der Waals surface area contributed by atoms with E-state index in [-0.39, 0.29) is 21.1 Å². The Balaban J connectivity index is 0.00000417. The van der Waals surface area contributed by atoms with E-state index in [9.17, 15) is 0 Å². The van der Waals surface area contributed by atoms with E-state index in [0.717, 1.165) is 22.5 Å². The van der Waals surface area contributed by atoms with Crippen LogP contribution in [0.3, 0.4) is 0 Å². The quantitative estimate of drug-likeness (QED) is 0.109. The van der Waals surface area contributed by atoms with Crippen LogP contribution in [0.2, 0.25) is 34.5 Å². The molecule has 0 fully saturated rings. The summed E-state index contributed by atoms with van der Waals surface area (Å²) >= 11 is -3.95. The largest absolute Gasteiger partial charge is 2.00 e. The van der Waals surface area contributed by atoms with Crippen LogP contribution in [0, 0.1) is 12.1 Å². The first kappa shape index (κ1) is 34.5. The van der Waals surface area contributed by atoms with E-state index in [1.54, 1.807) is 0 Å². The number of pyridine rings is 2. The molecule has 2 aromatic heterocycles. The fourth-order valence-corrected chi connectivity index (χ4v) is 14.9. The van der Waals surface area contributed by atoms with Gasteiger partial charge in [-0.05, 0) is 0 Å². The fourth-order valence-electron chi connectivity index (χ4n) is 5.98. The van der Waals surface area contributed by atoms with Crippen LogP contribution in [0.1, 0.15) is 0 Å². The van der Waals surface area contributed by atoms with Gasteiger partial charge in [0.2, 0.25) is 0 Å². The van der Waals surface area contributed by atoms with Crippen molar-refractivity contribution in [1.82, 2.24) is 9.97 Å². The van der Waals surface area contributed by atoms with Gasteiger partial charge >= 0.3 is 298 Å². The van der Waals surface area contributed by atoms with Crippen molar-refractivity contribution in [2.24, 2.45) is 0 Å². The number of hydrogen-bond acceptors (Lipinski definition) is 2. The molecule has 6 aromatic rings. The molecule has 0 unspecified atom stereocenters. The van der Waals surface area contributed by atoms with Gasteiger partial charge in [-0.3, -0.25) is 0 Å².